The van der Waals surface area contributed by atoms with Crippen molar-refractivity contribution in [2.75, 3.05) is 48.3 Å². The van der Waals surface area contributed by atoms with Crippen LogP contribution in [0.4, 0.5) is 23.1 Å². The first-order valence-corrected chi connectivity index (χ1v) is 10.6. The van der Waals surface area contributed by atoms with Crippen molar-refractivity contribution in [3.63, 3.8) is 0 Å². The summed E-state index contributed by atoms with van der Waals surface area (Å²) in [5.74, 6) is 1.41. The third kappa shape index (κ3) is 4.05. The third-order valence-corrected chi connectivity index (χ3v) is 5.98. The summed E-state index contributed by atoms with van der Waals surface area (Å²) in [5, 5.41) is 3.29. The van der Waals surface area contributed by atoms with E-state index in [2.05, 4.69) is 70.2 Å². The van der Waals surface area contributed by atoms with E-state index >= 15 is 0 Å². The minimum absolute atomic E-state index is 0.122. The maximum absolute atomic E-state index is 12.5. The summed E-state index contributed by atoms with van der Waals surface area (Å²) in [5.41, 5.74) is 3.10. The number of carbonyl (C=O) groups is 1. The van der Waals surface area contributed by atoms with Crippen molar-refractivity contribution < 1.29 is 4.79 Å². The van der Waals surface area contributed by atoms with Crippen molar-refractivity contribution in [1.82, 2.24) is 14.9 Å². The lowest BCUT2D eigenvalue weighted by Gasteiger charge is -2.34. The molecule has 0 saturated carbocycles. The zero-order chi connectivity index (χ0) is 20.4. The molecule has 2 aliphatic rings. The highest BCUT2D eigenvalue weighted by Crippen LogP contribution is 2.31. The second kappa shape index (κ2) is 8.37. The van der Waals surface area contributed by atoms with E-state index in [9.17, 15) is 4.79 Å². The van der Waals surface area contributed by atoms with Gasteiger partial charge in [0, 0.05) is 55.4 Å². The quantitative estimate of drug-likeness (QED) is 0.812. The van der Waals surface area contributed by atoms with Gasteiger partial charge in [-0.2, -0.15) is 4.98 Å². The number of aromatic nitrogens is 2. The molecule has 154 valence electrons. The SMILES string of the molecule is CCC(CC)N1C(=O)Cc2cnc(Nc3ccc(N4CCN(C)CC4)cc3)nc21. The normalized spacial score (nSPS) is 17.2. The number of fused-ring (bicyclic) bond motifs is 1. The van der Waals surface area contributed by atoms with E-state index < -0.39 is 0 Å². The van der Waals surface area contributed by atoms with Gasteiger partial charge in [-0.25, -0.2) is 4.98 Å². The van der Waals surface area contributed by atoms with Crippen LogP contribution in [0.15, 0.2) is 30.5 Å². The molecule has 0 unspecified atom stereocenters. The summed E-state index contributed by atoms with van der Waals surface area (Å²) in [7, 11) is 2.17. The number of hydrogen-bond acceptors (Lipinski definition) is 6. The van der Waals surface area contributed by atoms with Gasteiger partial charge in [0.25, 0.3) is 0 Å². The van der Waals surface area contributed by atoms with Crippen molar-refractivity contribution in [3.05, 3.63) is 36.0 Å². The van der Waals surface area contributed by atoms with Crippen molar-refractivity contribution in [1.29, 1.82) is 0 Å². The maximum atomic E-state index is 12.5. The minimum atomic E-state index is 0.122. The first kappa shape index (κ1) is 19.6. The Morgan fingerprint density at radius 3 is 2.41 bits per heavy atom. The van der Waals surface area contributed by atoms with Crippen molar-refractivity contribution in [2.45, 2.75) is 39.2 Å². The summed E-state index contributed by atoms with van der Waals surface area (Å²) in [6, 6.07) is 8.60. The van der Waals surface area contributed by atoms with E-state index in [0.717, 1.165) is 56.1 Å². The smallest absolute Gasteiger partial charge is 0.233 e. The van der Waals surface area contributed by atoms with Crippen molar-refractivity contribution in [3.8, 4) is 0 Å². The van der Waals surface area contributed by atoms with Gasteiger partial charge in [-0.3, -0.25) is 9.69 Å². The van der Waals surface area contributed by atoms with Crippen molar-refractivity contribution in [2.24, 2.45) is 0 Å². The van der Waals surface area contributed by atoms with Gasteiger partial charge >= 0.3 is 0 Å². The van der Waals surface area contributed by atoms with E-state index in [4.69, 9.17) is 0 Å². The summed E-state index contributed by atoms with van der Waals surface area (Å²) >= 11 is 0. The molecule has 2 aromatic rings. The number of rotatable bonds is 6. The largest absolute Gasteiger partial charge is 0.369 e. The Labute approximate surface area is 172 Å². The Kier molecular flexibility index (Phi) is 5.67. The molecule has 0 spiro atoms. The molecule has 4 rings (SSSR count). The fourth-order valence-electron chi connectivity index (χ4n) is 4.14. The van der Waals surface area contributed by atoms with E-state index in [1.807, 2.05) is 4.90 Å². The number of carbonyl (C=O) groups excluding carboxylic acids is 1. The van der Waals surface area contributed by atoms with Crippen LogP contribution in [0.1, 0.15) is 32.3 Å². The number of piperazine rings is 1. The second-order valence-corrected chi connectivity index (χ2v) is 7.92. The molecular weight excluding hydrogens is 364 g/mol. The average Bonchev–Trinajstić information content (AvgIpc) is 3.06. The van der Waals surface area contributed by atoms with Gasteiger partial charge in [0.1, 0.15) is 5.82 Å². The molecule has 1 fully saturated rings. The van der Waals surface area contributed by atoms with Gasteiger partial charge in [-0.15, -0.1) is 0 Å². The monoisotopic (exact) mass is 394 g/mol. The standard InChI is InChI=1S/C22H30N6O/c1-4-18(5-2)28-20(29)14-16-15-23-22(25-21(16)28)24-17-6-8-19(9-7-17)27-12-10-26(3)11-13-27/h6-9,15,18H,4-5,10-14H2,1-3H3,(H,23,24,25). The van der Waals surface area contributed by atoms with Crippen LogP contribution in [0.2, 0.25) is 0 Å². The van der Waals surface area contributed by atoms with Crippen LogP contribution in [-0.2, 0) is 11.2 Å². The number of benzene rings is 1. The Morgan fingerprint density at radius 2 is 1.76 bits per heavy atom. The Hall–Kier alpha value is -2.67. The summed E-state index contributed by atoms with van der Waals surface area (Å²) in [4.78, 5) is 28.2. The zero-order valence-corrected chi connectivity index (χ0v) is 17.6. The Balaban J connectivity index is 1.48. The summed E-state index contributed by atoms with van der Waals surface area (Å²) < 4.78 is 0. The molecule has 1 amide bonds. The van der Waals surface area contributed by atoms with Crippen LogP contribution in [0.5, 0.6) is 0 Å². The lowest BCUT2D eigenvalue weighted by atomic mass is 10.1. The van der Waals surface area contributed by atoms with Gasteiger partial charge in [-0.1, -0.05) is 13.8 Å². The van der Waals surface area contributed by atoms with Crippen LogP contribution in [-0.4, -0.2) is 60.0 Å². The predicted octanol–water partition coefficient (Wildman–Crippen LogP) is 3.05. The lowest BCUT2D eigenvalue weighted by molar-refractivity contribution is -0.117. The highest BCUT2D eigenvalue weighted by molar-refractivity contribution is 6.00. The number of nitrogens with one attached hydrogen (secondary N) is 1. The molecule has 1 aromatic heterocycles. The molecule has 7 heteroatoms. The molecule has 2 aliphatic heterocycles. The van der Waals surface area contributed by atoms with Crippen LogP contribution in [0.3, 0.4) is 0 Å². The predicted molar refractivity (Wildman–Crippen MR) is 117 cm³/mol. The molecule has 0 atom stereocenters. The number of hydrogen-bond donors (Lipinski definition) is 1. The number of amides is 1. The van der Waals surface area contributed by atoms with E-state index in [-0.39, 0.29) is 11.9 Å². The molecule has 3 heterocycles. The maximum Gasteiger partial charge on any atom is 0.233 e. The molecule has 0 aliphatic carbocycles. The lowest BCUT2D eigenvalue weighted by Crippen LogP contribution is -2.44. The summed E-state index contributed by atoms with van der Waals surface area (Å²) in [6.45, 7) is 8.51. The summed E-state index contributed by atoms with van der Waals surface area (Å²) in [6.07, 6.45) is 4.01. The van der Waals surface area contributed by atoms with E-state index in [1.54, 1.807) is 6.20 Å². The highest BCUT2D eigenvalue weighted by atomic mass is 16.2. The molecule has 7 nitrogen and oxygen atoms in total. The van der Waals surface area contributed by atoms with Crippen LogP contribution < -0.4 is 15.1 Å². The first-order chi connectivity index (χ1) is 14.1. The van der Waals surface area contributed by atoms with E-state index in [1.165, 1.54) is 5.69 Å². The fourth-order valence-corrected chi connectivity index (χ4v) is 4.14. The number of likely N-dealkylation sites (N-methyl/N-ethyl adjacent to an activating group) is 1. The third-order valence-electron chi connectivity index (χ3n) is 5.98. The van der Waals surface area contributed by atoms with Gasteiger partial charge in [0.15, 0.2) is 0 Å². The zero-order valence-electron chi connectivity index (χ0n) is 17.6. The van der Waals surface area contributed by atoms with Crippen molar-refractivity contribution >= 4 is 29.0 Å². The topological polar surface area (TPSA) is 64.6 Å². The molecular formula is C22H30N6O. The Morgan fingerprint density at radius 1 is 1.07 bits per heavy atom. The second-order valence-electron chi connectivity index (χ2n) is 7.92. The number of nitrogens with zero attached hydrogens (tertiary/aromatic N) is 5. The first-order valence-electron chi connectivity index (χ1n) is 10.6. The molecule has 29 heavy (non-hydrogen) atoms. The fraction of sp³-hybridized carbons (Fsp3) is 0.500. The Bertz CT molecular complexity index is 856. The van der Waals surface area contributed by atoms with Crippen LogP contribution in [0.25, 0.3) is 0 Å². The van der Waals surface area contributed by atoms with Gasteiger partial charge in [0.2, 0.25) is 11.9 Å². The van der Waals surface area contributed by atoms with Gasteiger partial charge in [-0.05, 0) is 44.2 Å². The molecule has 1 saturated heterocycles. The molecule has 0 radical (unpaired) electrons. The average molecular weight is 395 g/mol. The molecule has 1 N–H and O–H groups in total. The van der Waals surface area contributed by atoms with Gasteiger partial charge < -0.3 is 15.1 Å². The minimum Gasteiger partial charge on any atom is -0.369 e. The van der Waals surface area contributed by atoms with Gasteiger partial charge in [0.05, 0.1) is 6.42 Å². The van der Waals surface area contributed by atoms with Crippen LogP contribution >= 0.6 is 0 Å². The van der Waals surface area contributed by atoms with Crippen LogP contribution in [0, 0.1) is 0 Å². The molecule has 1 aromatic carbocycles. The van der Waals surface area contributed by atoms with E-state index in [0.29, 0.717) is 12.4 Å². The highest BCUT2D eigenvalue weighted by Gasteiger charge is 2.33. The molecule has 0 bridgehead atoms. The number of anilines is 4.